The van der Waals surface area contributed by atoms with Crippen molar-refractivity contribution in [3.05, 3.63) is 31.5 Å². The minimum atomic E-state index is -0.611. The molecule has 0 radical (unpaired) electrons. The van der Waals surface area contributed by atoms with Crippen molar-refractivity contribution in [2.45, 2.75) is 77.8 Å². The normalized spacial score (nSPS) is 12.5. The lowest BCUT2D eigenvalue weighted by molar-refractivity contribution is 0.355. The zero-order valence-electron chi connectivity index (χ0n) is 18.9. The Morgan fingerprint density at radius 1 is 0.567 bits per heavy atom. The first-order valence-corrected chi connectivity index (χ1v) is 16.0. The second kappa shape index (κ2) is 16.6. The Morgan fingerprint density at radius 3 is 1.07 bits per heavy atom. The molecule has 0 aliphatic heterocycles. The van der Waals surface area contributed by atoms with Crippen molar-refractivity contribution in [3.8, 4) is 0 Å². The molecule has 0 saturated carbocycles. The highest BCUT2D eigenvalue weighted by molar-refractivity contribution is 6.27. The third-order valence-electron chi connectivity index (χ3n) is 4.76. The van der Waals surface area contributed by atoms with E-state index in [2.05, 4.69) is 0 Å². The van der Waals surface area contributed by atoms with Gasteiger partial charge >= 0.3 is 17.1 Å². The molecule has 30 heavy (non-hydrogen) atoms. The molecule has 0 atom stereocenters. The van der Waals surface area contributed by atoms with Gasteiger partial charge in [-0.05, 0) is 58.2 Å². The molecule has 0 bridgehead atoms. The van der Waals surface area contributed by atoms with Gasteiger partial charge in [0.25, 0.3) is 0 Å². The summed E-state index contributed by atoms with van der Waals surface area (Å²) in [5, 5.41) is 0. The third kappa shape index (κ3) is 9.39. The molecule has 0 fully saturated rings. The largest absolute Gasteiger partial charge is 0.424 e. The van der Waals surface area contributed by atoms with E-state index in [9.17, 15) is 14.4 Å². The van der Waals surface area contributed by atoms with E-state index in [1.54, 1.807) is 0 Å². The average Bonchev–Trinajstić information content (AvgIpc) is 2.74. The summed E-state index contributed by atoms with van der Waals surface area (Å²) in [6, 6.07) is 2.70. The summed E-state index contributed by atoms with van der Waals surface area (Å²) in [4.78, 5) is 38.6. The fourth-order valence-corrected chi connectivity index (χ4v) is 5.87. The minimum absolute atomic E-state index is 0.333. The molecule has 1 aromatic heterocycles. The van der Waals surface area contributed by atoms with E-state index in [1.165, 1.54) is 13.7 Å². The first kappa shape index (κ1) is 27.0. The lowest BCUT2D eigenvalue weighted by atomic mass is 10.4. The van der Waals surface area contributed by atoms with Gasteiger partial charge in [-0.25, -0.2) is 28.1 Å². The van der Waals surface area contributed by atoms with Crippen molar-refractivity contribution in [2.75, 3.05) is 19.8 Å². The number of hydrogen-bond acceptors (Lipinski definition) is 6. The Morgan fingerprint density at radius 2 is 0.833 bits per heavy atom. The van der Waals surface area contributed by atoms with Crippen molar-refractivity contribution < 1.29 is 13.3 Å². The molecule has 0 N–H and O–H groups in total. The molecule has 1 heterocycles. The van der Waals surface area contributed by atoms with E-state index in [0.717, 1.165) is 18.1 Å². The van der Waals surface area contributed by atoms with Crippen LogP contribution < -0.4 is 17.1 Å². The monoisotopic (exact) mass is 477 g/mol. The smallest absolute Gasteiger partial charge is 0.336 e. The van der Waals surface area contributed by atoms with Gasteiger partial charge in [0.2, 0.25) is 0 Å². The van der Waals surface area contributed by atoms with Crippen molar-refractivity contribution in [3.63, 3.8) is 0 Å². The summed E-state index contributed by atoms with van der Waals surface area (Å²) >= 11 is 0. The highest BCUT2D eigenvalue weighted by Crippen LogP contribution is 1.96. The predicted molar refractivity (Wildman–Crippen MR) is 128 cm³/mol. The average molecular weight is 478 g/mol. The van der Waals surface area contributed by atoms with Gasteiger partial charge in [-0.3, -0.25) is 0 Å². The van der Waals surface area contributed by atoms with Crippen LogP contribution in [-0.4, -0.2) is 62.8 Å². The number of hydrogen-bond donors (Lipinski definition) is 0. The molecule has 1 aromatic rings. The zero-order chi connectivity index (χ0) is 22.2. The van der Waals surface area contributed by atoms with Crippen molar-refractivity contribution in [1.29, 1.82) is 0 Å². The Bertz CT molecular complexity index is 635. The van der Waals surface area contributed by atoms with Crippen LogP contribution in [0.5, 0.6) is 0 Å². The van der Waals surface area contributed by atoms with Gasteiger partial charge in [-0.2, -0.15) is 0 Å². The lowest BCUT2D eigenvalue weighted by Gasteiger charge is -2.14. The SMILES string of the molecule is CCO[SiH2]CCCn1c(=O)n(CCC[SiH2]OCC)c(=O)n(CCC[SiH2]OCC)c1=O. The van der Waals surface area contributed by atoms with Gasteiger partial charge < -0.3 is 13.3 Å². The third-order valence-corrected chi connectivity index (χ3v) is 9.22. The molecule has 12 heteroatoms. The Kier molecular flexibility index (Phi) is 14.9. The molecule has 0 spiro atoms. The van der Waals surface area contributed by atoms with Gasteiger partial charge in [0, 0.05) is 39.5 Å². The maximum atomic E-state index is 12.9. The first-order chi connectivity index (χ1) is 14.6. The second-order valence-electron chi connectivity index (χ2n) is 7.01. The van der Waals surface area contributed by atoms with E-state index in [1.807, 2.05) is 20.8 Å². The van der Waals surface area contributed by atoms with E-state index in [0.29, 0.717) is 58.7 Å². The highest BCUT2D eigenvalue weighted by atomic mass is 28.2. The Balaban J connectivity index is 2.98. The van der Waals surface area contributed by atoms with Crippen molar-refractivity contribution in [2.24, 2.45) is 0 Å². The van der Waals surface area contributed by atoms with Crippen LogP contribution in [-0.2, 0) is 32.9 Å². The predicted octanol–water partition coefficient (Wildman–Crippen LogP) is -1.04. The fraction of sp³-hybridized carbons (Fsp3) is 0.833. The maximum Gasteiger partial charge on any atom is 0.336 e. The summed E-state index contributed by atoms with van der Waals surface area (Å²) in [6.07, 6.45) is 2.15. The number of nitrogens with zero attached hydrogens (tertiary/aromatic N) is 3. The van der Waals surface area contributed by atoms with Gasteiger partial charge in [0.1, 0.15) is 0 Å². The molecule has 0 aromatic carbocycles. The van der Waals surface area contributed by atoms with E-state index in [-0.39, 0.29) is 0 Å². The summed E-state index contributed by atoms with van der Waals surface area (Å²) < 4.78 is 20.1. The van der Waals surface area contributed by atoms with Gasteiger partial charge in [0.15, 0.2) is 29.3 Å². The second-order valence-corrected chi connectivity index (χ2v) is 11.6. The van der Waals surface area contributed by atoms with Crippen molar-refractivity contribution >= 4 is 29.3 Å². The van der Waals surface area contributed by atoms with E-state index in [4.69, 9.17) is 13.3 Å². The molecule has 174 valence electrons. The maximum absolute atomic E-state index is 12.9. The van der Waals surface area contributed by atoms with Gasteiger partial charge in [-0.15, -0.1) is 0 Å². The molecule has 9 nitrogen and oxygen atoms in total. The van der Waals surface area contributed by atoms with Crippen LogP contribution in [0, 0.1) is 0 Å². The van der Waals surface area contributed by atoms with Crippen molar-refractivity contribution in [1.82, 2.24) is 13.7 Å². The molecule has 0 amide bonds. The number of aromatic nitrogens is 3. The molecule has 0 aliphatic rings. The fourth-order valence-electron chi connectivity index (χ4n) is 3.11. The van der Waals surface area contributed by atoms with Gasteiger partial charge in [0.05, 0.1) is 0 Å². The molecule has 0 saturated heterocycles. The summed E-state index contributed by atoms with van der Waals surface area (Å²) in [5.41, 5.74) is -1.46. The van der Waals surface area contributed by atoms with Crippen LogP contribution in [0.15, 0.2) is 14.4 Å². The van der Waals surface area contributed by atoms with Crippen LogP contribution in [0.2, 0.25) is 18.1 Å². The lowest BCUT2D eigenvalue weighted by Crippen LogP contribution is -2.54. The standard InChI is InChI=1S/C18H39N3O6Si3/c1-4-25-28-13-7-10-19-16(22)20(11-8-14-29-26-5-2)18(24)21(17(19)23)12-9-15-30-27-6-3/h4-15,28-30H2,1-3H3. The zero-order valence-corrected chi connectivity index (χ0v) is 23.1. The van der Waals surface area contributed by atoms with Crippen LogP contribution in [0.3, 0.4) is 0 Å². The minimum Gasteiger partial charge on any atom is -0.424 e. The summed E-state index contributed by atoms with van der Waals surface area (Å²) in [6.45, 7) is 9.02. The molecule has 0 aliphatic carbocycles. The van der Waals surface area contributed by atoms with E-state index < -0.39 is 46.4 Å². The quantitative estimate of drug-likeness (QED) is 0.198. The molecule has 0 unspecified atom stereocenters. The highest BCUT2D eigenvalue weighted by Gasteiger charge is 2.15. The van der Waals surface area contributed by atoms with Crippen LogP contribution >= 0.6 is 0 Å². The van der Waals surface area contributed by atoms with Crippen LogP contribution in [0.1, 0.15) is 40.0 Å². The first-order valence-electron chi connectivity index (χ1n) is 11.3. The molecular weight excluding hydrogens is 438 g/mol. The topological polar surface area (TPSA) is 93.7 Å². The van der Waals surface area contributed by atoms with Gasteiger partial charge in [-0.1, -0.05) is 0 Å². The summed E-state index contributed by atoms with van der Waals surface area (Å²) in [7, 11) is -1.83. The van der Waals surface area contributed by atoms with E-state index >= 15 is 0 Å². The summed E-state index contributed by atoms with van der Waals surface area (Å²) in [5.74, 6) is 0. The van der Waals surface area contributed by atoms with Crippen LogP contribution in [0.25, 0.3) is 0 Å². The van der Waals surface area contributed by atoms with Crippen LogP contribution in [0.4, 0.5) is 0 Å². The molecule has 1 rings (SSSR count). The number of rotatable bonds is 18. The Hall–Kier alpha value is -1.06. The Labute approximate surface area is 185 Å². The molecular formula is C18H39N3O6Si3.